The summed E-state index contributed by atoms with van der Waals surface area (Å²) in [6, 6.07) is 0. The molecule has 28 heavy (non-hydrogen) atoms. The number of Topliss-reactive ketones (excluding diaryl/α,β-unsaturated/α-hetero) is 1. The van der Waals surface area contributed by atoms with Crippen molar-refractivity contribution in [3.63, 3.8) is 0 Å². The van der Waals surface area contributed by atoms with E-state index in [1.165, 1.54) is 38.5 Å². The third-order valence-corrected chi connectivity index (χ3v) is 9.60. The van der Waals surface area contributed by atoms with Crippen LogP contribution < -0.4 is 0 Å². The van der Waals surface area contributed by atoms with E-state index in [1.807, 2.05) is 0 Å². The molecule has 0 radical (unpaired) electrons. The molecule has 0 aromatic rings. The van der Waals surface area contributed by atoms with Crippen LogP contribution >= 0.6 is 0 Å². The SMILES string of the molecule is CC(C)CCC[C@@H](C)[C@H]1CC[C@H]2[C@@H]3CC(=O)OC4C[C@@](C)(C4=O)[C@H]3CC[C@]12C. The summed E-state index contributed by atoms with van der Waals surface area (Å²) in [4.78, 5) is 25.3. The Bertz CT molecular complexity index is 640. The number of ketones is 1. The maximum absolute atomic E-state index is 12.8. The highest BCUT2D eigenvalue weighted by molar-refractivity contribution is 5.97. The molecule has 0 N–H and O–H groups in total. The fourth-order valence-electron chi connectivity index (χ4n) is 8.03. The molecule has 5 rings (SSSR count). The van der Waals surface area contributed by atoms with Crippen molar-refractivity contribution in [1.82, 2.24) is 0 Å². The monoisotopic (exact) mass is 388 g/mol. The lowest BCUT2D eigenvalue weighted by Gasteiger charge is -2.58. The van der Waals surface area contributed by atoms with Crippen molar-refractivity contribution < 1.29 is 14.3 Å². The zero-order valence-corrected chi connectivity index (χ0v) is 18.6. The van der Waals surface area contributed by atoms with Gasteiger partial charge in [-0.05, 0) is 66.6 Å². The van der Waals surface area contributed by atoms with Crippen molar-refractivity contribution in [2.24, 2.45) is 46.3 Å². The maximum Gasteiger partial charge on any atom is 0.306 e. The molecule has 158 valence electrons. The Morgan fingerprint density at radius 1 is 1.04 bits per heavy atom. The third-order valence-electron chi connectivity index (χ3n) is 9.60. The number of hydrogen-bond acceptors (Lipinski definition) is 3. The van der Waals surface area contributed by atoms with Gasteiger partial charge in [0.25, 0.3) is 0 Å². The molecule has 2 aliphatic heterocycles. The summed E-state index contributed by atoms with van der Waals surface area (Å²) in [7, 11) is 0. The maximum atomic E-state index is 12.8. The minimum Gasteiger partial charge on any atom is -0.454 e. The number of fused-ring (bicyclic) bond motifs is 3. The van der Waals surface area contributed by atoms with E-state index in [2.05, 4.69) is 34.6 Å². The first-order chi connectivity index (χ1) is 13.2. The van der Waals surface area contributed by atoms with E-state index in [0.717, 1.165) is 30.6 Å². The number of rotatable bonds is 5. The zero-order chi connectivity index (χ0) is 20.3. The van der Waals surface area contributed by atoms with Crippen LogP contribution in [0.2, 0.25) is 0 Å². The van der Waals surface area contributed by atoms with Gasteiger partial charge in [0.15, 0.2) is 11.9 Å². The quantitative estimate of drug-likeness (QED) is 0.559. The topological polar surface area (TPSA) is 43.4 Å². The van der Waals surface area contributed by atoms with Crippen LogP contribution in [0, 0.1) is 46.3 Å². The van der Waals surface area contributed by atoms with E-state index in [1.54, 1.807) is 0 Å². The van der Waals surface area contributed by atoms with Gasteiger partial charge in [-0.25, -0.2) is 0 Å². The van der Waals surface area contributed by atoms with Gasteiger partial charge >= 0.3 is 5.97 Å². The van der Waals surface area contributed by atoms with Crippen LogP contribution in [0.3, 0.4) is 0 Å². The van der Waals surface area contributed by atoms with Crippen molar-refractivity contribution >= 4 is 11.8 Å². The van der Waals surface area contributed by atoms with Crippen LogP contribution in [0.4, 0.5) is 0 Å². The third kappa shape index (κ3) is 3.06. The fraction of sp³-hybridized carbons (Fsp3) is 0.920. The van der Waals surface area contributed by atoms with Crippen LogP contribution in [0.25, 0.3) is 0 Å². The molecule has 0 spiro atoms. The van der Waals surface area contributed by atoms with Crippen molar-refractivity contribution in [1.29, 1.82) is 0 Å². The molecule has 3 saturated carbocycles. The zero-order valence-electron chi connectivity index (χ0n) is 18.6. The Morgan fingerprint density at radius 3 is 2.46 bits per heavy atom. The van der Waals surface area contributed by atoms with Gasteiger partial charge in [0.2, 0.25) is 0 Å². The number of carbonyl (C=O) groups is 2. The van der Waals surface area contributed by atoms with E-state index >= 15 is 0 Å². The number of ether oxygens (including phenoxy) is 1. The predicted octanol–water partition coefficient (Wildman–Crippen LogP) is 5.80. The van der Waals surface area contributed by atoms with Crippen LogP contribution in [-0.2, 0) is 14.3 Å². The predicted molar refractivity (Wildman–Crippen MR) is 111 cm³/mol. The standard InChI is InChI=1S/C25H40O3/c1-15(2)7-6-8-16(3)18-9-10-19-17-13-22(26)28-21-14-25(5,23(21)27)20(17)11-12-24(18,19)4/h15-21H,6-14H2,1-5H3/t16-,17+,18-,19+,20+,21?,24-,25-/m1/s1. The molecular formula is C25H40O3. The van der Waals surface area contributed by atoms with Gasteiger partial charge in [0.1, 0.15) is 0 Å². The van der Waals surface area contributed by atoms with Crippen LogP contribution in [0.5, 0.6) is 0 Å². The summed E-state index contributed by atoms with van der Waals surface area (Å²) in [5.74, 6) is 3.72. The molecule has 3 nitrogen and oxygen atoms in total. The van der Waals surface area contributed by atoms with Crippen molar-refractivity contribution in [3.8, 4) is 0 Å². The first-order valence-electron chi connectivity index (χ1n) is 11.9. The number of carbonyl (C=O) groups excluding carboxylic acids is 2. The van der Waals surface area contributed by atoms with Gasteiger partial charge in [-0.15, -0.1) is 0 Å². The van der Waals surface area contributed by atoms with Crippen molar-refractivity contribution in [2.75, 3.05) is 0 Å². The highest BCUT2D eigenvalue weighted by Gasteiger charge is 2.64. The summed E-state index contributed by atoms with van der Waals surface area (Å²) >= 11 is 0. The molecule has 0 aromatic carbocycles. The second-order valence-corrected chi connectivity index (χ2v) is 11.6. The average molecular weight is 389 g/mol. The van der Waals surface area contributed by atoms with E-state index in [9.17, 15) is 9.59 Å². The second kappa shape index (κ2) is 7.13. The minimum absolute atomic E-state index is 0.118. The van der Waals surface area contributed by atoms with Crippen molar-refractivity contribution in [3.05, 3.63) is 0 Å². The Kier molecular flexibility index (Phi) is 5.20. The minimum atomic E-state index is -0.441. The molecule has 3 aliphatic carbocycles. The Labute approximate surface area is 171 Å². The Morgan fingerprint density at radius 2 is 1.79 bits per heavy atom. The molecule has 8 atom stereocenters. The summed E-state index contributed by atoms with van der Waals surface area (Å²) in [6.45, 7) is 11.8. The molecule has 0 aromatic heterocycles. The van der Waals surface area contributed by atoms with Crippen LogP contribution in [0.15, 0.2) is 0 Å². The van der Waals surface area contributed by atoms with Crippen LogP contribution in [0.1, 0.15) is 92.4 Å². The lowest BCUT2D eigenvalue weighted by atomic mass is 9.46. The van der Waals surface area contributed by atoms with Gasteiger partial charge in [-0.1, -0.05) is 53.9 Å². The van der Waals surface area contributed by atoms with Gasteiger partial charge in [-0.3, -0.25) is 9.59 Å². The molecule has 5 aliphatic rings. The highest BCUT2D eigenvalue weighted by Crippen LogP contribution is 2.66. The molecule has 1 unspecified atom stereocenters. The first kappa shape index (κ1) is 20.4. The molecule has 2 bridgehead atoms. The van der Waals surface area contributed by atoms with E-state index in [0.29, 0.717) is 29.6 Å². The molecule has 0 amide bonds. The number of esters is 1. The summed E-state index contributed by atoms with van der Waals surface area (Å²) < 4.78 is 5.53. The van der Waals surface area contributed by atoms with Crippen molar-refractivity contribution in [2.45, 2.75) is 98.5 Å². The average Bonchev–Trinajstić information content (AvgIpc) is 2.97. The van der Waals surface area contributed by atoms with E-state index < -0.39 is 6.10 Å². The molecule has 2 heterocycles. The van der Waals surface area contributed by atoms with E-state index in [4.69, 9.17) is 4.74 Å². The number of hydrogen-bond donors (Lipinski definition) is 0. The largest absolute Gasteiger partial charge is 0.454 e. The van der Waals surface area contributed by atoms with Gasteiger partial charge in [-0.2, -0.15) is 0 Å². The summed E-state index contributed by atoms with van der Waals surface area (Å²) in [5, 5.41) is 0. The molecule has 5 fully saturated rings. The lowest BCUT2D eigenvalue weighted by molar-refractivity contribution is -0.193. The summed E-state index contributed by atoms with van der Waals surface area (Å²) in [5.41, 5.74) is 0.0960. The first-order valence-corrected chi connectivity index (χ1v) is 11.9. The van der Waals surface area contributed by atoms with Gasteiger partial charge in [0, 0.05) is 18.3 Å². The molecule has 3 heteroatoms. The smallest absolute Gasteiger partial charge is 0.306 e. The van der Waals surface area contributed by atoms with Gasteiger partial charge in [0.05, 0.1) is 0 Å². The Balaban J connectivity index is 1.53. The molecule has 2 saturated heterocycles. The second-order valence-electron chi connectivity index (χ2n) is 11.6. The highest BCUT2D eigenvalue weighted by atomic mass is 16.5. The summed E-state index contributed by atoms with van der Waals surface area (Å²) in [6.07, 6.45) is 9.75. The fourth-order valence-corrected chi connectivity index (χ4v) is 8.03. The normalized spacial score (nSPS) is 46.1. The van der Waals surface area contributed by atoms with Crippen LogP contribution in [-0.4, -0.2) is 17.9 Å². The van der Waals surface area contributed by atoms with Gasteiger partial charge < -0.3 is 4.74 Å². The molecular weight excluding hydrogens is 348 g/mol. The van der Waals surface area contributed by atoms with E-state index in [-0.39, 0.29) is 17.2 Å². The Hall–Kier alpha value is -0.860. The lowest BCUT2D eigenvalue weighted by Crippen LogP contribution is -2.62.